The number of esters is 1. The lowest BCUT2D eigenvalue weighted by Gasteiger charge is -2.24. The number of morpholine rings is 1. The van der Waals surface area contributed by atoms with Crippen LogP contribution in [0.4, 0.5) is 0 Å². The SMILES string of the molecule is CCOC(=O)c1ccc([C@H]2COCCN2)cc1. The average molecular weight is 235 g/mol. The van der Waals surface area contributed by atoms with Crippen LogP contribution in [0, 0.1) is 0 Å². The molecule has 1 aromatic carbocycles. The largest absolute Gasteiger partial charge is 0.462 e. The minimum absolute atomic E-state index is 0.222. The summed E-state index contributed by atoms with van der Waals surface area (Å²) >= 11 is 0. The molecule has 92 valence electrons. The van der Waals surface area contributed by atoms with E-state index in [1.54, 1.807) is 19.1 Å². The molecule has 1 N–H and O–H groups in total. The Balaban J connectivity index is 2.04. The van der Waals surface area contributed by atoms with Crippen LogP contribution >= 0.6 is 0 Å². The third-order valence-corrected chi connectivity index (χ3v) is 2.75. The molecule has 1 fully saturated rings. The van der Waals surface area contributed by atoms with Crippen LogP contribution in [0.1, 0.15) is 28.9 Å². The number of hydrogen-bond acceptors (Lipinski definition) is 4. The monoisotopic (exact) mass is 235 g/mol. The molecule has 1 aliphatic rings. The molecular formula is C13H17NO3. The van der Waals surface area contributed by atoms with Crippen molar-refractivity contribution >= 4 is 5.97 Å². The molecular weight excluding hydrogens is 218 g/mol. The van der Waals surface area contributed by atoms with E-state index in [1.807, 2.05) is 12.1 Å². The molecule has 4 heteroatoms. The first-order valence-electron chi connectivity index (χ1n) is 5.89. The van der Waals surface area contributed by atoms with Crippen molar-refractivity contribution in [3.63, 3.8) is 0 Å². The zero-order valence-electron chi connectivity index (χ0n) is 9.94. The Morgan fingerprint density at radius 1 is 1.47 bits per heavy atom. The summed E-state index contributed by atoms with van der Waals surface area (Å²) in [7, 11) is 0. The van der Waals surface area contributed by atoms with Crippen molar-refractivity contribution in [1.29, 1.82) is 0 Å². The van der Waals surface area contributed by atoms with Crippen molar-refractivity contribution < 1.29 is 14.3 Å². The lowest BCUT2D eigenvalue weighted by molar-refractivity contribution is 0.0526. The predicted molar refractivity (Wildman–Crippen MR) is 64.0 cm³/mol. The van der Waals surface area contributed by atoms with Crippen molar-refractivity contribution in [3.05, 3.63) is 35.4 Å². The minimum atomic E-state index is -0.271. The average Bonchev–Trinajstić information content (AvgIpc) is 2.40. The molecule has 0 saturated carbocycles. The van der Waals surface area contributed by atoms with E-state index in [2.05, 4.69) is 5.32 Å². The van der Waals surface area contributed by atoms with Crippen LogP contribution in [0.5, 0.6) is 0 Å². The molecule has 2 rings (SSSR count). The lowest BCUT2D eigenvalue weighted by atomic mass is 10.0. The van der Waals surface area contributed by atoms with E-state index in [1.165, 1.54) is 0 Å². The van der Waals surface area contributed by atoms with E-state index in [0.717, 1.165) is 18.7 Å². The van der Waals surface area contributed by atoms with E-state index in [-0.39, 0.29) is 12.0 Å². The van der Waals surface area contributed by atoms with E-state index in [0.29, 0.717) is 18.8 Å². The van der Waals surface area contributed by atoms with Crippen LogP contribution in [-0.4, -0.2) is 32.3 Å². The van der Waals surface area contributed by atoms with Gasteiger partial charge in [-0.1, -0.05) is 12.1 Å². The molecule has 0 spiro atoms. The van der Waals surface area contributed by atoms with Crippen molar-refractivity contribution in [2.45, 2.75) is 13.0 Å². The maximum absolute atomic E-state index is 11.5. The minimum Gasteiger partial charge on any atom is -0.462 e. The molecule has 1 saturated heterocycles. The molecule has 1 heterocycles. The molecule has 1 aromatic rings. The molecule has 1 atom stereocenters. The van der Waals surface area contributed by atoms with Gasteiger partial charge in [0.15, 0.2) is 0 Å². The number of carbonyl (C=O) groups excluding carboxylic acids is 1. The fourth-order valence-electron chi connectivity index (χ4n) is 1.85. The van der Waals surface area contributed by atoms with Crippen molar-refractivity contribution in [1.82, 2.24) is 5.32 Å². The van der Waals surface area contributed by atoms with Crippen LogP contribution in [0.25, 0.3) is 0 Å². The molecule has 0 radical (unpaired) electrons. The van der Waals surface area contributed by atoms with Crippen LogP contribution in [0.2, 0.25) is 0 Å². The fourth-order valence-corrected chi connectivity index (χ4v) is 1.85. The van der Waals surface area contributed by atoms with Gasteiger partial charge in [0.05, 0.1) is 31.4 Å². The van der Waals surface area contributed by atoms with Crippen LogP contribution in [0.15, 0.2) is 24.3 Å². The quantitative estimate of drug-likeness (QED) is 0.807. The van der Waals surface area contributed by atoms with Gasteiger partial charge in [-0.3, -0.25) is 0 Å². The number of carbonyl (C=O) groups is 1. The Kier molecular flexibility index (Phi) is 4.12. The summed E-state index contributed by atoms with van der Waals surface area (Å²) in [6, 6.07) is 7.70. The second kappa shape index (κ2) is 5.80. The Labute approximate surface area is 101 Å². The third-order valence-electron chi connectivity index (χ3n) is 2.75. The first kappa shape index (κ1) is 12.1. The topological polar surface area (TPSA) is 47.6 Å². The lowest BCUT2D eigenvalue weighted by Crippen LogP contribution is -2.34. The van der Waals surface area contributed by atoms with Gasteiger partial charge in [0.1, 0.15) is 0 Å². The van der Waals surface area contributed by atoms with Gasteiger partial charge in [-0.05, 0) is 24.6 Å². The van der Waals surface area contributed by atoms with E-state index >= 15 is 0 Å². The number of ether oxygens (including phenoxy) is 2. The third kappa shape index (κ3) is 3.05. The number of rotatable bonds is 3. The number of nitrogens with one attached hydrogen (secondary N) is 1. The van der Waals surface area contributed by atoms with E-state index in [4.69, 9.17) is 9.47 Å². The van der Waals surface area contributed by atoms with Gasteiger partial charge in [0.25, 0.3) is 0 Å². The van der Waals surface area contributed by atoms with Gasteiger partial charge in [0, 0.05) is 6.54 Å². The molecule has 1 aliphatic heterocycles. The van der Waals surface area contributed by atoms with Gasteiger partial charge in [0.2, 0.25) is 0 Å². The highest BCUT2D eigenvalue weighted by Crippen LogP contribution is 2.16. The zero-order chi connectivity index (χ0) is 12.1. The highest BCUT2D eigenvalue weighted by molar-refractivity contribution is 5.89. The number of hydrogen-bond donors (Lipinski definition) is 1. The Hall–Kier alpha value is -1.39. The second-order valence-electron chi connectivity index (χ2n) is 3.92. The number of benzene rings is 1. The summed E-state index contributed by atoms with van der Waals surface area (Å²) in [5.74, 6) is -0.271. The van der Waals surface area contributed by atoms with Crippen LogP contribution in [0.3, 0.4) is 0 Å². The van der Waals surface area contributed by atoms with Gasteiger partial charge < -0.3 is 14.8 Å². The van der Waals surface area contributed by atoms with E-state index in [9.17, 15) is 4.79 Å². The van der Waals surface area contributed by atoms with Crippen molar-refractivity contribution in [3.8, 4) is 0 Å². The smallest absolute Gasteiger partial charge is 0.338 e. The van der Waals surface area contributed by atoms with Gasteiger partial charge in [-0.2, -0.15) is 0 Å². The molecule has 0 amide bonds. The normalized spacial score (nSPS) is 19.9. The molecule has 0 aliphatic carbocycles. The van der Waals surface area contributed by atoms with Gasteiger partial charge in [-0.15, -0.1) is 0 Å². The van der Waals surface area contributed by atoms with Crippen LogP contribution in [-0.2, 0) is 9.47 Å². The molecule has 17 heavy (non-hydrogen) atoms. The maximum Gasteiger partial charge on any atom is 0.338 e. The molecule has 0 aromatic heterocycles. The summed E-state index contributed by atoms with van der Waals surface area (Å²) in [6.45, 7) is 4.51. The van der Waals surface area contributed by atoms with Crippen molar-refractivity contribution in [2.75, 3.05) is 26.4 Å². The van der Waals surface area contributed by atoms with Gasteiger partial charge in [-0.25, -0.2) is 4.79 Å². The summed E-state index contributed by atoms with van der Waals surface area (Å²) in [5.41, 5.74) is 1.73. The van der Waals surface area contributed by atoms with Crippen LogP contribution < -0.4 is 5.32 Å². The summed E-state index contributed by atoms with van der Waals surface area (Å²) < 4.78 is 10.3. The highest BCUT2D eigenvalue weighted by Gasteiger charge is 2.15. The molecule has 0 bridgehead atoms. The first-order chi connectivity index (χ1) is 8.31. The van der Waals surface area contributed by atoms with E-state index < -0.39 is 0 Å². The standard InChI is InChI=1S/C13H17NO3/c1-2-17-13(15)11-5-3-10(4-6-11)12-9-16-8-7-14-12/h3-6,12,14H,2,7-9H2,1H3/t12-/m1/s1. The summed E-state index contributed by atoms with van der Waals surface area (Å²) in [4.78, 5) is 11.5. The Morgan fingerprint density at radius 3 is 2.82 bits per heavy atom. The summed E-state index contributed by atoms with van der Waals surface area (Å²) in [6.07, 6.45) is 0. The fraction of sp³-hybridized carbons (Fsp3) is 0.462. The Bertz CT molecular complexity index is 369. The first-order valence-corrected chi connectivity index (χ1v) is 5.89. The van der Waals surface area contributed by atoms with Crippen molar-refractivity contribution in [2.24, 2.45) is 0 Å². The predicted octanol–water partition coefficient (Wildman–Crippen LogP) is 1.52. The summed E-state index contributed by atoms with van der Waals surface area (Å²) in [5, 5.41) is 3.37. The zero-order valence-corrected chi connectivity index (χ0v) is 9.94. The maximum atomic E-state index is 11.5. The van der Waals surface area contributed by atoms with Gasteiger partial charge >= 0.3 is 5.97 Å². The Morgan fingerprint density at radius 2 is 2.24 bits per heavy atom. The molecule has 4 nitrogen and oxygen atoms in total. The highest BCUT2D eigenvalue weighted by atomic mass is 16.5. The second-order valence-corrected chi connectivity index (χ2v) is 3.92. The molecule has 0 unspecified atom stereocenters.